The van der Waals surface area contributed by atoms with Crippen molar-refractivity contribution in [1.82, 2.24) is 4.98 Å². The molecule has 1 amide bonds. The summed E-state index contributed by atoms with van der Waals surface area (Å²) >= 11 is 5.81. The second kappa shape index (κ2) is 7.85. The third-order valence-electron chi connectivity index (χ3n) is 3.58. The standard InChI is InChI=1S/C19H17ClN2O3/c1-13-17(11-20)25-18(21-13)15-8-5-9-16(10-15)22-19(23)24-12-14-6-3-2-4-7-14/h2-10H,11-12H2,1H3,(H,22,23). The first-order valence-electron chi connectivity index (χ1n) is 7.76. The number of alkyl halides is 1. The number of nitrogens with zero attached hydrogens (tertiary/aromatic N) is 1. The topological polar surface area (TPSA) is 64.4 Å². The summed E-state index contributed by atoms with van der Waals surface area (Å²) in [7, 11) is 0. The first kappa shape index (κ1) is 17.0. The van der Waals surface area contributed by atoms with E-state index in [4.69, 9.17) is 20.8 Å². The second-order valence-electron chi connectivity index (χ2n) is 5.43. The van der Waals surface area contributed by atoms with Crippen LogP contribution >= 0.6 is 11.6 Å². The van der Waals surface area contributed by atoms with E-state index in [-0.39, 0.29) is 12.5 Å². The Balaban J connectivity index is 1.65. The van der Waals surface area contributed by atoms with Gasteiger partial charge >= 0.3 is 6.09 Å². The van der Waals surface area contributed by atoms with E-state index in [9.17, 15) is 4.79 Å². The van der Waals surface area contributed by atoms with E-state index >= 15 is 0 Å². The van der Waals surface area contributed by atoms with Gasteiger partial charge in [0, 0.05) is 11.3 Å². The average Bonchev–Trinajstić information content (AvgIpc) is 3.02. The molecule has 1 N–H and O–H groups in total. The fourth-order valence-electron chi connectivity index (χ4n) is 2.28. The SMILES string of the molecule is Cc1nc(-c2cccc(NC(=O)OCc3ccccc3)c2)oc1CCl. The van der Waals surface area contributed by atoms with Gasteiger partial charge in [-0.05, 0) is 30.7 Å². The maximum Gasteiger partial charge on any atom is 0.411 e. The van der Waals surface area contributed by atoms with Gasteiger partial charge in [0.1, 0.15) is 12.4 Å². The second-order valence-corrected chi connectivity index (χ2v) is 5.70. The Morgan fingerprint density at radius 2 is 2.00 bits per heavy atom. The van der Waals surface area contributed by atoms with Crippen molar-refractivity contribution in [2.24, 2.45) is 0 Å². The number of aryl methyl sites for hydroxylation is 1. The zero-order valence-corrected chi connectivity index (χ0v) is 14.4. The highest BCUT2D eigenvalue weighted by molar-refractivity contribution is 6.16. The van der Waals surface area contributed by atoms with Crippen LogP contribution in [0.25, 0.3) is 11.5 Å². The van der Waals surface area contributed by atoms with Crippen LogP contribution in [0.4, 0.5) is 10.5 Å². The lowest BCUT2D eigenvalue weighted by atomic mass is 10.2. The minimum Gasteiger partial charge on any atom is -0.444 e. The van der Waals surface area contributed by atoms with Crippen molar-refractivity contribution in [1.29, 1.82) is 0 Å². The molecule has 0 aliphatic carbocycles. The lowest BCUT2D eigenvalue weighted by Crippen LogP contribution is -2.13. The number of benzene rings is 2. The highest BCUT2D eigenvalue weighted by Crippen LogP contribution is 2.25. The predicted octanol–water partition coefficient (Wildman–Crippen LogP) is 5.14. The van der Waals surface area contributed by atoms with Crippen LogP contribution in [-0.4, -0.2) is 11.1 Å². The minimum absolute atomic E-state index is 0.213. The predicted molar refractivity (Wildman–Crippen MR) is 96.5 cm³/mol. The molecule has 0 aliphatic heterocycles. The smallest absolute Gasteiger partial charge is 0.411 e. The zero-order valence-electron chi connectivity index (χ0n) is 13.7. The van der Waals surface area contributed by atoms with Gasteiger partial charge in [-0.25, -0.2) is 9.78 Å². The minimum atomic E-state index is -0.522. The van der Waals surface area contributed by atoms with Gasteiger partial charge in [-0.15, -0.1) is 11.6 Å². The molecule has 1 aromatic heterocycles. The largest absolute Gasteiger partial charge is 0.444 e. The molecule has 1 heterocycles. The molecule has 2 aromatic carbocycles. The van der Waals surface area contributed by atoms with Crippen LogP contribution in [0.15, 0.2) is 59.0 Å². The number of oxazole rings is 1. The fourth-order valence-corrected chi connectivity index (χ4v) is 2.53. The molecule has 5 nitrogen and oxygen atoms in total. The van der Waals surface area contributed by atoms with Crippen molar-refractivity contribution in [3.63, 3.8) is 0 Å². The number of carbonyl (C=O) groups excluding carboxylic acids is 1. The summed E-state index contributed by atoms with van der Waals surface area (Å²) in [5.41, 5.74) is 3.03. The van der Waals surface area contributed by atoms with Gasteiger partial charge in [0.05, 0.1) is 11.6 Å². The molecule has 3 aromatic rings. The maximum absolute atomic E-state index is 11.9. The van der Waals surface area contributed by atoms with Gasteiger partial charge in [0.25, 0.3) is 0 Å². The Kier molecular flexibility index (Phi) is 5.36. The van der Waals surface area contributed by atoms with Gasteiger partial charge in [-0.2, -0.15) is 0 Å². The number of hydrogen-bond acceptors (Lipinski definition) is 4. The Morgan fingerprint density at radius 3 is 2.72 bits per heavy atom. The van der Waals surface area contributed by atoms with Crippen LogP contribution in [-0.2, 0) is 17.2 Å². The molecule has 0 saturated heterocycles. The van der Waals surface area contributed by atoms with Gasteiger partial charge in [0.15, 0.2) is 0 Å². The van der Waals surface area contributed by atoms with Crippen LogP contribution in [0.2, 0.25) is 0 Å². The van der Waals surface area contributed by atoms with Crippen LogP contribution in [0.5, 0.6) is 0 Å². The number of carbonyl (C=O) groups is 1. The van der Waals surface area contributed by atoms with Gasteiger partial charge in [0.2, 0.25) is 5.89 Å². The summed E-state index contributed by atoms with van der Waals surface area (Å²) in [5.74, 6) is 1.37. The number of aromatic nitrogens is 1. The summed E-state index contributed by atoms with van der Waals surface area (Å²) in [5, 5.41) is 2.70. The molecule has 0 unspecified atom stereocenters. The third kappa shape index (κ3) is 4.39. The molecule has 0 bridgehead atoms. The summed E-state index contributed by atoms with van der Waals surface area (Å²) < 4.78 is 10.8. The molecular weight excluding hydrogens is 340 g/mol. The van der Waals surface area contributed by atoms with E-state index in [1.54, 1.807) is 12.1 Å². The molecule has 0 atom stereocenters. The number of amides is 1. The van der Waals surface area contributed by atoms with Crippen molar-refractivity contribution >= 4 is 23.4 Å². The molecule has 0 aliphatic rings. The highest BCUT2D eigenvalue weighted by atomic mass is 35.5. The summed E-state index contributed by atoms with van der Waals surface area (Å²) in [4.78, 5) is 16.3. The van der Waals surface area contributed by atoms with Crippen LogP contribution in [0.1, 0.15) is 17.0 Å². The number of ether oxygens (including phenoxy) is 1. The van der Waals surface area contributed by atoms with E-state index in [0.717, 1.165) is 16.8 Å². The van der Waals surface area contributed by atoms with Crippen molar-refractivity contribution in [3.05, 3.63) is 71.6 Å². The van der Waals surface area contributed by atoms with Crippen molar-refractivity contribution in [3.8, 4) is 11.5 Å². The highest BCUT2D eigenvalue weighted by Gasteiger charge is 2.12. The Hall–Kier alpha value is -2.79. The quantitative estimate of drug-likeness (QED) is 0.643. The van der Waals surface area contributed by atoms with Gasteiger partial charge in [-0.3, -0.25) is 5.32 Å². The number of nitrogens with one attached hydrogen (secondary N) is 1. The lowest BCUT2D eigenvalue weighted by molar-refractivity contribution is 0.155. The monoisotopic (exact) mass is 356 g/mol. The molecule has 128 valence electrons. The van der Waals surface area contributed by atoms with Crippen molar-refractivity contribution in [2.75, 3.05) is 5.32 Å². The van der Waals surface area contributed by atoms with Crippen LogP contribution < -0.4 is 5.32 Å². The average molecular weight is 357 g/mol. The Labute approximate surface area is 150 Å². The summed E-state index contributed by atoms with van der Waals surface area (Å²) in [6.07, 6.45) is -0.522. The number of halogens is 1. The summed E-state index contributed by atoms with van der Waals surface area (Å²) in [6, 6.07) is 16.7. The first-order chi connectivity index (χ1) is 12.2. The number of hydrogen-bond donors (Lipinski definition) is 1. The molecule has 25 heavy (non-hydrogen) atoms. The lowest BCUT2D eigenvalue weighted by Gasteiger charge is -2.07. The van der Waals surface area contributed by atoms with Crippen LogP contribution in [0.3, 0.4) is 0 Å². The van der Waals surface area contributed by atoms with E-state index < -0.39 is 6.09 Å². The fraction of sp³-hybridized carbons (Fsp3) is 0.158. The van der Waals surface area contributed by atoms with Gasteiger partial charge < -0.3 is 9.15 Å². The zero-order chi connectivity index (χ0) is 17.6. The van der Waals surface area contributed by atoms with E-state index in [2.05, 4.69) is 10.3 Å². The van der Waals surface area contributed by atoms with E-state index in [1.807, 2.05) is 49.4 Å². The molecule has 3 rings (SSSR count). The van der Waals surface area contributed by atoms with Crippen molar-refractivity contribution < 1.29 is 13.9 Å². The third-order valence-corrected chi connectivity index (χ3v) is 3.83. The molecule has 0 radical (unpaired) electrons. The number of anilines is 1. The Bertz CT molecular complexity index is 862. The molecule has 0 saturated carbocycles. The molecule has 6 heteroatoms. The molecule has 0 spiro atoms. The summed E-state index contributed by atoms with van der Waals surface area (Å²) in [6.45, 7) is 2.05. The molecule has 0 fully saturated rings. The van der Waals surface area contributed by atoms with E-state index in [0.29, 0.717) is 17.3 Å². The maximum atomic E-state index is 11.9. The van der Waals surface area contributed by atoms with Crippen molar-refractivity contribution in [2.45, 2.75) is 19.4 Å². The number of rotatable bonds is 5. The Morgan fingerprint density at radius 1 is 1.20 bits per heavy atom. The van der Waals surface area contributed by atoms with Crippen LogP contribution in [0, 0.1) is 6.92 Å². The van der Waals surface area contributed by atoms with Gasteiger partial charge in [-0.1, -0.05) is 36.4 Å². The normalized spacial score (nSPS) is 10.5. The first-order valence-corrected chi connectivity index (χ1v) is 8.29. The van der Waals surface area contributed by atoms with E-state index in [1.165, 1.54) is 0 Å². The molecular formula is C19H17ClN2O3.